The molecule has 0 aliphatic heterocycles. The van der Waals surface area contributed by atoms with Crippen LogP contribution in [-0.4, -0.2) is 12.3 Å². The molecule has 15 heavy (non-hydrogen) atoms. The van der Waals surface area contributed by atoms with Crippen LogP contribution in [0.2, 0.25) is 0 Å². The Morgan fingerprint density at radius 2 is 2.00 bits per heavy atom. The van der Waals surface area contributed by atoms with Crippen molar-refractivity contribution in [3.63, 3.8) is 0 Å². The molecule has 2 rings (SSSR count). The van der Waals surface area contributed by atoms with Crippen molar-refractivity contribution in [2.45, 2.75) is 38.7 Å². The van der Waals surface area contributed by atoms with Crippen LogP contribution in [0.15, 0.2) is 29.4 Å². The first-order valence-corrected chi connectivity index (χ1v) is 5.61. The van der Waals surface area contributed by atoms with Crippen molar-refractivity contribution in [1.82, 2.24) is 0 Å². The molecule has 1 aliphatic carbocycles. The summed E-state index contributed by atoms with van der Waals surface area (Å²) in [4.78, 5) is 5.43. The topological polar surface area (TPSA) is 21.6 Å². The fourth-order valence-corrected chi connectivity index (χ4v) is 1.90. The van der Waals surface area contributed by atoms with E-state index in [9.17, 15) is 0 Å². The Kier molecular flexibility index (Phi) is 3.38. The summed E-state index contributed by atoms with van der Waals surface area (Å²) in [7, 11) is 0. The highest BCUT2D eigenvalue weighted by molar-refractivity contribution is 5.81. The van der Waals surface area contributed by atoms with Crippen LogP contribution in [0.5, 0.6) is 0 Å². The number of hydrogen-bond donors (Lipinski definition) is 0. The zero-order valence-electron chi connectivity index (χ0n) is 9.15. The zero-order valence-corrected chi connectivity index (χ0v) is 9.15. The molecule has 0 N–H and O–H groups in total. The summed E-state index contributed by atoms with van der Waals surface area (Å²) in [5.74, 6) is 0. The summed E-state index contributed by atoms with van der Waals surface area (Å²) in [6, 6.07) is 8.18. The van der Waals surface area contributed by atoms with Gasteiger partial charge in [-0.2, -0.15) is 0 Å². The van der Waals surface area contributed by atoms with Gasteiger partial charge >= 0.3 is 0 Å². The predicted octanol–water partition coefficient (Wildman–Crippen LogP) is 3.29. The van der Waals surface area contributed by atoms with Crippen LogP contribution in [0, 0.1) is 6.92 Å². The van der Waals surface area contributed by atoms with Gasteiger partial charge in [0.1, 0.15) is 6.10 Å². The molecule has 0 bridgehead atoms. The third-order valence-electron chi connectivity index (χ3n) is 2.89. The van der Waals surface area contributed by atoms with Crippen LogP contribution in [0.1, 0.15) is 36.8 Å². The maximum Gasteiger partial charge on any atom is 0.127 e. The fraction of sp³-hybridized carbons (Fsp3) is 0.462. The average molecular weight is 203 g/mol. The van der Waals surface area contributed by atoms with Crippen LogP contribution in [-0.2, 0) is 4.84 Å². The van der Waals surface area contributed by atoms with Gasteiger partial charge in [0.05, 0.1) is 6.21 Å². The quantitative estimate of drug-likeness (QED) is 0.545. The number of rotatable bonds is 3. The molecule has 0 spiro atoms. The molecule has 80 valence electrons. The lowest BCUT2D eigenvalue weighted by molar-refractivity contribution is 0.0657. The lowest BCUT2D eigenvalue weighted by Gasteiger charge is -2.05. The van der Waals surface area contributed by atoms with Crippen LogP contribution in [0.3, 0.4) is 0 Å². The van der Waals surface area contributed by atoms with E-state index in [1.807, 2.05) is 18.3 Å². The standard InChI is InChI=1S/C13H17NO/c1-11-6-2-3-7-12(11)10-14-15-13-8-4-5-9-13/h2-3,6-7,10,13H,4-5,8-9H2,1H3. The van der Waals surface area contributed by atoms with Gasteiger partial charge < -0.3 is 4.84 Å². The zero-order chi connectivity index (χ0) is 10.5. The minimum atomic E-state index is 0.352. The van der Waals surface area contributed by atoms with E-state index in [-0.39, 0.29) is 0 Å². The molecule has 1 aromatic carbocycles. The normalized spacial score (nSPS) is 17.4. The van der Waals surface area contributed by atoms with Crippen molar-refractivity contribution >= 4 is 6.21 Å². The van der Waals surface area contributed by atoms with Gasteiger partial charge in [0.2, 0.25) is 0 Å². The molecule has 1 aromatic rings. The molecular formula is C13H17NO. The maximum atomic E-state index is 5.43. The molecule has 2 heteroatoms. The van der Waals surface area contributed by atoms with Gasteiger partial charge in [-0.15, -0.1) is 0 Å². The molecule has 0 amide bonds. The summed E-state index contributed by atoms with van der Waals surface area (Å²) in [6.45, 7) is 2.08. The summed E-state index contributed by atoms with van der Waals surface area (Å²) in [5, 5.41) is 4.06. The van der Waals surface area contributed by atoms with E-state index in [0.29, 0.717) is 6.10 Å². The summed E-state index contributed by atoms with van der Waals surface area (Å²) >= 11 is 0. The van der Waals surface area contributed by atoms with Crippen molar-refractivity contribution in [3.05, 3.63) is 35.4 Å². The summed E-state index contributed by atoms with van der Waals surface area (Å²) in [6.07, 6.45) is 7.05. The molecular weight excluding hydrogens is 186 g/mol. The third-order valence-corrected chi connectivity index (χ3v) is 2.89. The highest BCUT2D eigenvalue weighted by Gasteiger charge is 2.15. The van der Waals surface area contributed by atoms with E-state index in [4.69, 9.17) is 4.84 Å². The van der Waals surface area contributed by atoms with Crippen LogP contribution < -0.4 is 0 Å². The van der Waals surface area contributed by atoms with Crippen LogP contribution >= 0.6 is 0 Å². The van der Waals surface area contributed by atoms with E-state index in [1.165, 1.54) is 18.4 Å². The van der Waals surface area contributed by atoms with Gasteiger partial charge in [0.25, 0.3) is 0 Å². The van der Waals surface area contributed by atoms with Crippen molar-refractivity contribution in [2.24, 2.45) is 5.16 Å². The van der Waals surface area contributed by atoms with E-state index >= 15 is 0 Å². The minimum Gasteiger partial charge on any atom is -0.393 e. The van der Waals surface area contributed by atoms with E-state index in [2.05, 4.69) is 24.2 Å². The SMILES string of the molecule is Cc1ccccc1C=NOC1CCCC1. The second kappa shape index (κ2) is 4.96. The van der Waals surface area contributed by atoms with Gasteiger partial charge in [-0.25, -0.2) is 0 Å². The van der Waals surface area contributed by atoms with Crippen LogP contribution in [0.25, 0.3) is 0 Å². The largest absolute Gasteiger partial charge is 0.393 e. The van der Waals surface area contributed by atoms with E-state index < -0.39 is 0 Å². The second-order valence-electron chi connectivity index (χ2n) is 4.10. The summed E-state index contributed by atoms with van der Waals surface area (Å²) in [5.41, 5.74) is 2.37. The van der Waals surface area contributed by atoms with Gasteiger partial charge in [-0.1, -0.05) is 29.4 Å². The van der Waals surface area contributed by atoms with Crippen molar-refractivity contribution < 1.29 is 4.84 Å². The first-order valence-electron chi connectivity index (χ1n) is 5.61. The molecule has 0 heterocycles. The van der Waals surface area contributed by atoms with E-state index in [0.717, 1.165) is 18.4 Å². The van der Waals surface area contributed by atoms with Crippen molar-refractivity contribution in [3.8, 4) is 0 Å². The Morgan fingerprint density at radius 3 is 2.73 bits per heavy atom. The molecule has 0 radical (unpaired) electrons. The third kappa shape index (κ3) is 2.82. The molecule has 0 aromatic heterocycles. The van der Waals surface area contributed by atoms with Crippen molar-refractivity contribution in [2.75, 3.05) is 0 Å². The first-order chi connectivity index (χ1) is 7.36. The predicted molar refractivity (Wildman–Crippen MR) is 62.1 cm³/mol. The average Bonchev–Trinajstić information content (AvgIpc) is 2.74. The maximum absolute atomic E-state index is 5.43. The first kappa shape index (κ1) is 10.2. The number of aryl methyl sites for hydroxylation is 1. The number of oxime groups is 1. The van der Waals surface area contributed by atoms with Crippen LogP contribution in [0.4, 0.5) is 0 Å². The van der Waals surface area contributed by atoms with E-state index in [1.54, 1.807) is 0 Å². The molecule has 1 aliphatic rings. The Labute approximate surface area is 90.9 Å². The number of benzene rings is 1. The molecule has 0 atom stereocenters. The number of hydrogen-bond acceptors (Lipinski definition) is 2. The fourth-order valence-electron chi connectivity index (χ4n) is 1.90. The molecule has 1 saturated carbocycles. The Balaban J connectivity index is 1.90. The van der Waals surface area contributed by atoms with Gasteiger partial charge in [-0.3, -0.25) is 0 Å². The Morgan fingerprint density at radius 1 is 1.27 bits per heavy atom. The Bertz CT molecular complexity index is 340. The smallest absolute Gasteiger partial charge is 0.127 e. The second-order valence-corrected chi connectivity index (χ2v) is 4.10. The molecule has 0 saturated heterocycles. The number of nitrogens with zero attached hydrogens (tertiary/aromatic N) is 1. The lowest BCUT2D eigenvalue weighted by atomic mass is 10.1. The molecule has 0 unspecified atom stereocenters. The Hall–Kier alpha value is -1.31. The highest BCUT2D eigenvalue weighted by Crippen LogP contribution is 2.20. The minimum absolute atomic E-state index is 0.352. The lowest BCUT2D eigenvalue weighted by Crippen LogP contribution is -2.02. The van der Waals surface area contributed by atoms with Gasteiger partial charge in [0.15, 0.2) is 0 Å². The van der Waals surface area contributed by atoms with Gasteiger partial charge in [-0.05, 0) is 43.7 Å². The summed E-state index contributed by atoms with van der Waals surface area (Å²) < 4.78 is 0. The monoisotopic (exact) mass is 203 g/mol. The van der Waals surface area contributed by atoms with Gasteiger partial charge in [0, 0.05) is 0 Å². The molecule has 1 fully saturated rings. The molecule has 2 nitrogen and oxygen atoms in total. The van der Waals surface area contributed by atoms with Crippen molar-refractivity contribution in [1.29, 1.82) is 0 Å². The highest BCUT2D eigenvalue weighted by atomic mass is 16.6.